The Labute approximate surface area is 81.3 Å². The minimum Gasteiger partial charge on any atom is -0.331 e. The molecule has 0 aliphatic rings. The molecule has 0 unspecified atom stereocenters. The van der Waals surface area contributed by atoms with Gasteiger partial charge in [0.1, 0.15) is 11.8 Å². The first-order valence-corrected chi connectivity index (χ1v) is 4.13. The first kappa shape index (κ1) is 8.51. The van der Waals surface area contributed by atoms with Crippen LogP contribution in [0.5, 0.6) is 0 Å². The van der Waals surface area contributed by atoms with Gasteiger partial charge in [-0.15, -0.1) is 0 Å². The molecule has 2 aromatic rings. The predicted octanol–water partition coefficient (Wildman–Crippen LogP) is 0.692. The molecular weight excluding hydrogens is 178 g/mol. The molecule has 0 radical (unpaired) electrons. The zero-order chi connectivity index (χ0) is 10.1. The summed E-state index contributed by atoms with van der Waals surface area (Å²) in [5, 5.41) is 8.76. The fourth-order valence-corrected chi connectivity index (χ4v) is 1.30. The van der Waals surface area contributed by atoms with Crippen molar-refractivity contribution in [3.05, 3.63) is 24.3 Å². The van der Waals surface area contributed by atoms with Gasteiger partial charge < -0.3 is 9.13 Å². The molecule has 2 aromatic heterocycles. The van der Waals surface area contributed by atoms with Crippen molar-refractivity contribution >= 4 is 0 Å². The Hall–Kier alpha value is -2.09. The first-order valence-electron chi connectivity index (χ1n) is 4.13. The number of aryl methyl sites for hydroxylation is 1. The van der Waals surface area contributed by atoms with Gasteiger partial charge in [-0.05, 0) is 0 Å². The van der Waals surface area contributed by atoms with E-state index >= 15 is 0 Å². The highest BCUT2D eigenvalue weighted by atomic mass is 15.1. The van der Waals surface area contributed by atoms with E-state index in [2.05, 4.69) is 16.0 Å². The Kier molecular flexibility index (Phi) is 1.82. The minimum atomic E-state index is 0.531. The molecule has 0 aliphatic heterocycles. The topological polar surface area (TPSA) is 59.4 Å². The zero-order valence-corrected chi connectivity index (χ0v) is 7.97. The Bertz CT molecular complexity index is 499. The molecule has 0 amide bonds. The van der Waals surface area contributed by atoms with E-state index in [1.54, 1.807) is 24.0 Å². The highest BCUT2D eigenvalue weighted by Gasteiger charge is 2.11. The quantitative estimate of drug-likeness (QED) is 0.660. The van der Waals surface area contributed by atoms with Crippen LogP contribution >= 0.6 is 0 Å². The van der Waals surface area contributed by atoms with E-state index in [0.29, 0.717) is 11.5 Å². The van der Waals surface area contributed by atoms with Crippen LogP contribution in [0.1, 0.15) is 5.69 Å². The number of hydrogen-bond acceptors (Lipinski definition) is 3. The van der Waals surface area contributed by atoms with Crippen molar-refractivity contribution in [3.63, 3.8) is 0 Å². The molecule has 0 saturated carbocycles. The van der Waals surface area contributed by atoms with Gasteiger partial charge in [0.15, 0.2) is 11.6 Å². The molecule has 2 heterocycles. The SMILES string of the molecule is Cn1ccnc1-c1ncc(C#N)n1C. The van der Waals surface area contributed by atoms with Gasteiger partial charge in [0.05, 0.1) is 6.20 Å². The van der Waals surface area contributed by atoms with Crippen LogP contribution in [0, 0.1) is 11.3 Å². The smallest absolute Gasteiger partial charge is 0.177 e. The summed E-state index contributed by atoms with van der Waals surface area (Å²) in [5.41, 5.74) is 0.531. The van der Waals surface area contributed by atoms with Gasteiger partial charge in [-0.25, -0.2) is 9.97 Å². The second-order valence-electron chi connectivity index (χ2n) is 3.00. The molecule has 0 aliphatic carbocycles. The molecule has 0 N–H and O–H groups in total. The van der Waals surface area contributed by atoms with Crippen molar-refractivity contribution in [3.8, 4) is 17.7 Å². The number of nitriles is 1. The van der Waals surface area contributed by atoms with Gasteiger partial charge in [-0.3, -0.25) is 0 Å². The molecule has 5 nitrogen and oxygen atoms in total. The van der Waals surface area contributed by atoms with E-state index in [1.807, 2.05) is 17.8 Å². The van der Waals surface area contributed by atoms with Gasteiger partial charge in [-0.2, -0.15) is 5.26 Å². The van der Waals surface area contributed by atoms with E-state index in [4.69, 9.17) is 5.26 Å². The van der Waals surface area contributed by atoms with Gasteiger partial charge in [0, 0.05) is 26.5 Å². The minimum absolute atomic E-state index is 0.531. The highest BCUT2D eigenvalue weighted by Crippen LogP contribution is 2.14. The Morgan fingerprint density at radius 2 is 2.07 bits per heavy atom. The first-order chi connectivity index (χ1) is 6.74. The zero-order valence-electron chi connectivity index (χ0n) is 7.97. The third-order valence-electron chi connectivity index (χ3n) is 2.12. The molecular formula is C9H9N5. The molecule has 2 rings (SSSR count). The number of rotatable bonds is 1. The van der Waals surface area contributed by atoms with Crippen LogP contribution in [-0.4, -0.2) is 19.1 Å². The molecule has 0 spiro atoms. The summed E-state index contributed by atoms with van der Waals surface area (Å²) in [4.78, 5) is 8.31. The molecule has 0 saturated heterocycles. The normalized spacial score (nSPS) is 10.1. The summed E-state index contributed by atoms with van der Waals surface area (Å²) in [6.45, 7) is 0. The van der Waals surface area contributed by atoms with Crippen molar-refractivity contribution < 1.29 is 0 Å². The summed E-state index contributed by atoms with van der Waals surface area (Å²) in [6.07, 6.45) is 5.09. The van der Waals surface area contributed by atoms with Crippen LogP contribution in [0.3, 0.4) is 0 Å². The third kappa shape index (κ3) is 1.09. The van der Waals surface area contributed by atoms with Crippen LogP contribution < -0.4 is 0 Å². The van der Waals surface area contributed by atoms with Crippen LogP contribution in [0.4, 0.5) is 0 Å². The second kappa shape index (κ2) is 3.00. The molecule has 70 valence electrons. The van der Waals surface area contributed by atoms with Gasteiger partial charge in [0.2, 0.25) is 0 Å². The lowest BCUT2D eigenvalue weighted by Gasteiger charge is -2.01. The van der Waals surface area contributed by atoms with Gasteiger partial charge >= 0.3 is 0 Å². The summed E-state index contributed by atoms with van der Waals surface area (Å²) >= 11 is 0. The van der Waals surface area contributed by atoms with Crippen LogP contribution in [0.2, 0.25) is 0 Å². The van der Waals surface area contributed by atoms with Crippen LogP contribution in [0.25, 0.3) is 11.6 Å². The lowest BCUT2D eigenvalue weighted by Crippen LogP contribution is -2.00. The molecule has 0 atom stereocenters. The maximum absolute atomic E-state index is 8.76. The van der Waals surface area contributed by atoms with Gasteiger partial charge in [-0.1, -0.05) is 0 Å². The summed E-state index contributed by atoms with van der Waals surface area (Å²) in [7, 11) is 3.69. The van der Waals surface area contributed by atoms with E-state index in [9.17, 15) is 0 Å². The second-order valence-corrected chi connectivity index (χ2v) is 3.00. The van der Waals surface area contributed by atoms with Crippen molar-refractivity contribution in [1.82, 2.24) is 19.1 Å². The highest BCUT2D eigenvalue weighted by molar-refractivity contribution is 5.47. The summed E-state index contributed by atoms with van der Waals surface area (Å²) in [6, 6.07) is 2.06. The van der Waals surface area contributed by atoms with Crippen LogP contribution in [0.15, 0.2) is 18.6 Å². The van der Waals surface area contributed by atoms with Crippen molar-refractivity contribution in [2.24, 2.45) is 14.1 Å². The van der Waals surface area contributed by atoms with Gasteiger partial charge in [0.25, 0.3) is 0 Å². The monoisotopic (exact) mass is 187 g/mol. The molecule has 5 heteroatoms. The Morgan fingerprint density at radius 1 is 1.29 bits per heavy atom. The molecule has 0 fully saturated rings. The van der Waals surface area contributed by atoms with E-state index in [0.717, 1.165) is 5.82 Å². The third-order valence-corrected chi connectivity index (χ3v) is 2.12. The number of imidazole rings is 2. The van der Waals surface area contributed by atoms with E-state index in [-0.39, 0.29) is 0 Å². The number of nitrogens with zero attached hydrogens (tertiary/aromatic N) is 5. The standard InChI is InChI=1S/C9H9N5/c1-13-4-3-11-8(13)9-12-6-7(5-10)14(9)2/h3-4,6H,1-2H3. The number of hydrogen-bond donors (Lipinski definition) is 0. The number of aromatic nitrogens is 4. The fourth-order valence-electron chi connectivity index (χ4n) is 1.30. The average molecular weight is 187 g/mol. The Balaban J connectivity index is 2.59. The lowest BCUT2D eigenvalue weighted by molar-refractivity contribution is 0.853. The van der Waals surface area contributed by atoms with Crippen molar-refractivity contribution in [2.75, 3.05) is 0 Å². The molecule has 0 aromatic carbocycles. The maximum Gasteiger partial charge on any atom is 0.177 e. The lowest BCUT2D eigenvalue weighted by atomic mass is 10.5. The fraction of sp³-hybridized carbons (Fsp3) is 0.222. The average Bonchev–Trinajstić information content (AvgIpc) is 2.72. The predicted molar refractivity (Wildman–Crippen MR) is 50.1 cm³/mol. The largest absolute Gasteiger partial charge is 0.331 e. The van der Waals surface area contributed by atoms with Crippen LogP contribution in [-0.2, 0) is 14.1 Å². The summed E-state index contributed by atoms with van der Waals surface area (Å²) in [5.74, 6) is 1.46. The Morgan fingerprint density at radius 3 is 2.57 bits per heavy atom. The summed E-state index contributed by atoms with van der Waals surface area (Å²) < 4.78 is 3.59. The van der Waals surface area contributed by atoms with Crippen molar-refractivity contribution in [2.45, 2.75) is 0 Å². The van der Waals surface area contributed by atoms with E-state index < -0.39 is 0 Å². The maximum atomic E-state index is 8.76. The van der Waals surface area contributed by atoms with Crippen molar-refractivity contribution in [1.29, 1.82) is 5.26 Å². The molecule has 0 bridgehead atoms. The molecule has 14 heavy (non-hydrogen) atoms. The van der Waals surface area contributed by atoms with E-state index in [1.165, 1.54) is 0 Å².